The van der Waals surface area contributed by atoms with Crippen LogP contribution in [0.4, 0.5) is 0 Å². The van der Waals surface area contributed by atoms with E-state index in [1.165, 1.54) is 0 Å². The van der Waals surface area contributed by atoms with Gasteiger partial charge >= 0.3 is 0 Å². The van der Waals surface area contributed by atoms with Crippen LogP contribution in [0.5, 0.6) is 0 Å². The van der Waals surface area contributed by atoms with Gasteiger partial charge in [0.15, 0.2) is 0 Å². The van der Waals surface area contributed by atoms with E-state index in [1.54, 1.807) is 0 Å². The highest BCUT2D eigenvalue weighted by Crippen LogP contribution is 2.29. The lowest BCUT2D eigenvalue weighted by atomic mass is 10.1. The summed E-state index contributed by atoms with van der Waals surface area (Å²) in [6.45, 7) is 2.97. The second-order valence-electron chi connectivity index (χ2n) is 5.85. The van der Waals surface area contributed by atoms with E-state index in [1.807, 2.05) is 36.4 Å². The fourth-order valence-corrected chi connectivity index (χ4v) is 2.80. The third-order valence-electron chi connectivity index (χ3n) is 3.99. The molecule has 0 unspecified atom stereocenters. The fraction of sp³-hybridized carbons (Fsp3) is 0.150. The maximum Gasteiger partial charge on any atom is 0.134 e. The zero-order valence-corrected chi connectivity index (χ0v) is 13.0. The van der Waals surface area contributed by atoms with Crippen LogP contribution in [0.15, 0.2) is 76.1 Å². The molecule has 2 aromatic carbocycles. The SMILES string of the molecule is C[C@@H]1CN=C(c2cccc(-c3ccc(-c4ccccc4)o3)c2)N1. The molecule has 1 aliphatic heterocycles. The molecule has 1 atom stereocenters. The number of hydrogen-bond acceptors (Lipinski definition) is 3. The molecule has 1 aromatic heterocycles. The van der Waals surface area contributed by atoms with E-state index in [2.05, 4.69) is 47.6 Å². The minimum Gasteiger partial charge on any atom is -0.456 e. The van der Waals surface area contributed by atoms with Crippen LogP contribution >= 0.6 is 0 Å². The van der Waals surface area contributed by atoms with Gasteiger partial charge in [0.2, 0.25) is 0 Å². The van der Waals surface area contributed by atoms with Gasteiger partial charge in [0.25, 0.3) is 0 Å². The van der Waals surface area contributed by atoms with Crippen molar-refractivity contribution in [2.24, 2.45) is 4.99 Å². The minimum atomic E-state index is 0.405. The molecule has 1 N–H and O–H groups in total. The quantitative estimate of drug-likeness (QED) is 0.781. The van der Waals surface area contributed by atoms with Crippen molar-refractivity contribution in [2.45, 2.75) is 13.0 Å². The van der Waals surface area contributed by atoms with Crippen molar-refractivity contribution < 1.29 is 4.42 Å². The van der Waals surface area contributed by atoms with Crippen molar-refractivity contribution in [3.05, 3.63) is 72.3 Å². The maximum atomic E-state index is 6.03. The van der Waals surface area contributed by atoms with E-state index < -0.39 is 0 Å². The Balaban J connectivity index is 1.65. The van der Waals surface area contributed by atoms with Gasteiger partial charge in [-0.05, 0) is 25.1 Å². The van der Waals surface area contributed by atoms with Crippen molar-refractivity contribution >= 4 is 5.84 Å². The lowest BCUT2D eigenvalue weighted by molar-refractivity contribution is 0.597. The molecule has 0 saturated carbocycles. The van der Waals surface area contributed by atoms with Gasteiger partial charge in [0, 0.05) is 22.7 Å². The standard InChI is InChI=1S/C20H18N2O/c1-14-13-21-20(22-14)17-9-5-8-16(12-17)19-11-10-18(23-19)15-6-3-2-4-7-15/h2-12,14H,13H2,1H3,(H,21,22)/t14-/m1/s1. The summed E-state index contributed by atoms with van der Waals surface area (Å²) in [5, 5.41) is 3.40. The Bertz CT molecular complexity index is 849. The van der Waals surface area contributed by atoms with E-state index in [9.17, 15) is 0 Å². The monoisotopic (exact) mass is 302 g/mol. The minimum absolute atomic E-state index is 0.405. The molecule has 2 heterocycles. The second kappa shape index (κ2) is 5.76. The number of amidine groups is 1. The largest absolute Gasteiger partial charge is 0.456 e. The number of benzene rings is 2. The number of aliphatic imine (C=N–C) groups is 1. The van der Waals surface area contributed by atoms with E-state index in [-0.39, 0.29) is 0 Å². The van der Waals surface area contributed by atoms with E-state index >= 15 is 0 Å². The van der Waals surface area contributed by atoms with Gasteiger partial charge in [-0.15, -0.1) is 0 Å². The van der Waals surface area contributed by atoms with Crippen molar-refractivity contribution in [1.82, 2.24) is 5.32 Å². The molecule has 4 rings (SSSR count). The summed E-state index contributed by atoms with van der Waals surface area (Å²) in [4.78, 5) is 4.55. The summed E-state index contributed by atoms with van der Waals surface area (Å²) in [6, 6.07) is 22.9. The summed E-state index contributed by atoms with van der Waals surface area (Å²) >= 11 is 0. The summed E-state index contributed by atoms with van der Waals surface area (Å²) in [5.74, 6) is 2.72. The molecule has 0 saturated heterocycles. The third kappa shape index (κ3) is 2.78. The Labute approximate surface area is 135 Å². The molecule has 0 amide bonds. The second-order valence-corrected chi connectivity index (χ2v) is 5.85. The maximum absolute atomic E-state index is 6.03. The van der Waals surface area contributed by atoms with Crippen LogP contribution in [0.3, 0.4) is 0 Å². The summed E-state index contributed by atoms with van der Waals surface area (Å²) < 4.78 is 6.03. The fourth-order valence-electron chi connectivity index (χ4n) is 2.80. The Hall–Kier alpha value is -2.81. The molecule has 23 heavy (non-hydrogen) atoms. The van der Waals surface area contributed by atoms with Crippen molar-refractivity contribution in [3.8, 4) is 22.6 Å². The predicted molar refractivity (Wildman–Crippen MR) is 93.6 cm³/mol. The molecule has 0 bridgehead atoms. The lowest BCUT2D eigenvalue weighted by Gasteiger charge is -2.07. The third-order valence-corrected chi connectivity index (χ3v) is 3.99. The Morgan fingerprint density at radius 3 is 2.30 bits per heavy atom. The number of nitrogens with one attached hydrogen (secondary N) is 1. The van der Waals surface area contributed by atoms with Gasteiger partial charge in [0.1, 0.15) is 17.4 Å². The molecular formula is C20H18N2O. The first-order valence-corrected chi connectivity index (χ1v) is 7.87. The first kappa shape index (κ1) is 13.8. The number of hydrogen-bond donors (Lipinski definition) is 1. The molecule has 0 fully saturated rings. The van der Waals surface area contributed by atoms with E-state index in [0.29, 0.717) is 6.04 Å². The number of rotatable bonds is 3. The first-order valence-electron chi connectivity index (χ1n) is 7.87. The molecule has 3 nitrogen and oxygen atoms in total. The molecule has 3 aromatic rings. The molecule has 0 radical (unpaired) electrons. The molecule has 114 valence electrons. The number of furan rings is 1. The van der Waals surface area contributed by atoms with Gasteiger partial charge in [-0.3, -0.25) is 4.99 Å². The van der Waals surface area contributed by atoms with E-state index in [4.69, 9.17) is 4.42 Å². The molecule has 1 aliphatic rings. The highest BCUT2D eigenvalue weighted by molar-refractivity contribution is 6.00. The van der Waals surface area contributed by atoms with Crippen LogP contribution in [-0.2, 0) is 0 Å². The molecular weight excluding hydrogens is 284 g/mol. The highest BCUT2D eigenvalue weighted by atomic mass is 16.3. The van der Waals surface area contributed by atoms with Crippen molar-refractivity contribution in [3.63, 3.8) is 0 Å². The molecule has 3 heteroatoms. The van der Waals surface area contributed by atoms with Crippen molar-refractivity contribution in [2.75, 3.05) is 6.54 Å². The smallest absolute Gasteiger partial charge is 0.134 e. The van der Waals surface area contributed by atoms with Crippen LogP contribution in [0.2, 0.25) is 0 Å². The van der Waals surface area contributed by atoms with Gasteiger partial charge in [-0.25, -0.2) is 0 Å². The van der Waals surface area contributed by atoms with Gasteiger partial charge in [-0.1, -0.05) is 48.5 Å². The number of nitrogens with zero attached hydrogens (tertiary/aromatic N) is 1. The Kier molecular flexibility index (Phi) is 3.46. The highest BCUT2D eigenvalue weighted by Gasteiger charge is 2.15. The predicted octanol–water partition coefficient (Wildman–Crippen LogP) is 4.35. The van der Waals surface area contributed by atoms with Crippen molar-refractivity contribution in [1.29, 1.82) is 0 Å². The van der Waals surface area contributed by atoms with Gasteiger partial charge in [0.05, 0.1) is 6.54 Å². The topological polar surface area (TPSA) is 37.5 Å². The summed E-state index contributed by atoms with van der Waals surface area (Å²) in [5.41, 5.74) is 3.25. The van der Waals surface area contributed by atoms with E-state index in [0.717, 1.165) is 40.6 Å². The van der Waals surface area contributed by atoms with Crippen LogP contribution < -0.4 is 5.32 Å². The molecule has 0 aliphatic carbocycles. The summed E-state index contributed by atoms with van der Waals surface area (Å²) in [6.07, 6.45) is 0. The Morgan fingerprint density at radius 1 is 0.870 bits per heavy atom. The first-order chi connectivity index (χ1) is 11.3. The van der Waals surface area contributed by atoms with Crippen LogP contribution in [0, 0.1) is 0 Å². The van der Waals surface area contributed by atoms with Gasteiger partial charge < -0.3 is 9.73 Å². The van der Waals surface area contributed by atoms with Gasteiger partial charge in [-0.2, -0.15) is 0 Å². The zero-order chi connectivity index (χ0) is 15.6. The summed E-state index contributed by atoms with van der Waals surface area (Å²) in [7, 11) is 0. The average Bonchev–Trinajstić information content (AvgIpc) is 3.25. The van der Waals surface area contributed by atoms with Crippen LogP contribution in [-0.4, -0.2) is 18.4 Å². The molecule has 0 spiro atoms. The normalized spacial score (nSPS) is 16.9. The van der Waals surface area contributed by atoms with Crippen LogP contribution in [0.1, 0.15) is 12.5 Å². The Morgan fingerprint density at radius 2 is 1.57 bits per heavy atom. The zero-order valence-electron chi connectivity index (χ0n) is 13.0. The van der Waals surface area contributed by atoms with Crippen LogP contribution in [0.25, 0.3) is 22.6 Å². The lowest BCUT2D eigenvalue weighted by Crippen LogP contribution is -2.27. The average molecular weight is 302 g/mol.